The Kier molecular flexibility index (Phi) is 6.27. The number of methoxy groups -OCH3 is 1. The number of H-pyrrole nitrogens is 1. The Labute approximate surface area is 162 Å². The number of hydrogen-bond acceptors (Lipinski definition) is 6. The Morgan fingerprint density at radius 1 is 1.39 bits per heavy atom. The van der Waals surface area contributed by atoms with Crippen LogP contribution >= 0.6 is 0 Å². The van der Waals surface area contributed by atoms with Gasteiger partial charge in [-0.3, -0.25) is 19.6 Å². The number of aliphatic carboxylic acids is 1. The summed E-state index contributed by atoms with van der Waals surface area (Å²) < 4.78 is 10.9. The second kappa shape index (κ2) is 8.85. The fourth-order valence-corrected chi connectivity index (χ4v) is 3.25. The highest BCUT2D eigenvalue weighted by atomic mass is 16.5. The summed E-state index contributed by atoms with van der Waals surface area (Å²) in [4.78, 5) is 27.3. The van der Waals surface area contributed by atoms with Crippen molar-refractivity contribution in [1.29, 1.82) is 0 Å². The average Bonchev–Trinajstić information content (AvgIpc) is 3.16. The Bertz CT molecular complexity index is 820. The monoisotopic (exact) mass is 388 g/mol. The van der Waals surface area contributed by atoms with E-state index in [1.165, 1.54) is 6.20 Å². The molecule has 2 N–H and O–H groups in total. The summed E-state index contributed by atoms with van der Waals surface area (Å²) in [5, 5.41) is 15.8. The molecule has 9 heteroatoms. The molecule has 0 spiro atoms. The van der Waals surface area contributed by atoms with Crippen molar-refractivity contribution < 1.29 is 24.2 Å². The van der Waals surface area contributed by atoms with Crippen LogP contribution in [0.1, 0.15) is 10.4 Å². The number of carboxylic acids is 1. The molecular weight excluding hydrogens is 364 g/mol. The first-order valence-corrected chi connectivity index (χ1v) is 8.97. The first-order valence-electron chi connectivity index (χ1n) is 8.97. The van der Waals surface area contributed by atoms with Crippen molar-refractivity contribution >= 4 is 11.9 Å². The van der Waals surface area contributed by atoms with E-state index in [-0.39, 0.29) is 18.6 Å². The third-order valence-electron chi connectivity index (χ3n) is 4.59. The Hall–Kier alpha value is -2.91. The zero-order valence-corrected chi connectivity index (χ0v) is 15.9. The summed E-state index contributed by atoms with van der Waals surface area (Å²) >= 11 is 0. The lowest BCUT2D eigenvalue weighted by Crippen LogP contribution is -2.49. The van der Waals surface area contributed by atoms with E-state index in [0.717, 1.165) is 11.3 Å². The largest absolute Gasteiger partial charge is 0.497 e. The SMILES string of the molecule is COc1ccc(-c2[nH]ncc2C(=O)N2CCOC(CN(C)CC(=O)O)C2)cc1. The predicted octanol–water partition coefficient (Wildman–Crippen LogP) is 0.943. The number of morpholine rings is 1. The van der Waals surface area contributed by atoms with Crippen LogP contribution in [-0.2, 0) is 9.53 Å². The molecule has 9 nitrogen and oxygen atoms in total. The maximum absolute atomic E-state index is 13.1. The van der Waals surface area contributed by atoms with Gasteiger partial charge in [0.1, 0.15) is 5.75 Å². The van der Waals surface area contributed by atoms with Crippen LogP contribution in [-0.4, -0.2) is 90.0 Å². The minimum Gasteiger partial charge on any atom is -0.497 e. The first-order chi connectivity index (χ1) is 13.5. The highest BCUT2D eigenvalue weighted by Gasteiger charge is 2.28. The van der Waals surface area contributed by atoms with Crippen molar-refractivity contribution in [3.05, 3.63) is 36.0 Å². The lowest BCUT2D eigenvalue weighted by atomic mass is 10.1. The standard InChI is InChI=1S/C19H24N4O5/c1-22(12-17(24)25)10-15-11-23(7-8-28-15)19(26)16-9-20-21-18(16)13-3-5-14(27-2)6-4-13/h3-6,9,15H,7-8,10-12H2,1-2H3,(H,20,21)(H,24,25). The lowest BCUT2D eigenvalue weighted by molar-refractivity contribution is -0.138. The number of likely N-dealkylation sites (N-methyl/N-ethyl adjacent to an activating group) is 1. The number of rotatable bonds is 7. The maximum Gasteiger partial charge on any atom is 0.317 e. The molecule has 1 amide bonds. The van der Waals surface area contributed by atoms with Gasteiger partial charge in [0.2, 0.25) is 0 Å². The summed E-state index contributed by atoms with van der Waals surface area (Å²) in [6.45, 7) is 1.65. The number of aromatic nitrogens is 2. The fourth-order valence-electron chi connectivity index (χ4n) is 3.25. The van der Waals surface area contributed by atoms with Gasteiger partial charge in [-0.2, -0.15) is 5.10 Å². The van der Waals surface area contributed by atoms with Crippen molar-refractivity contribution in [3.8, 4) is 17.0 Å². The van der Waals surface area contributed by atoms with E-state index in [1.807, 2.05) is 24.3 Å². The van der Waals surface area contributed by atoms with Gasteiger partial charge in [-0.05, 0) is 31.3 Å². The topological polar surface area (TPSA) is 108 Å². The molecule has 3 rings (SSSR count). The van der Waals surface area contributed by atoms with Crippen LogP contribution in [0.25, 0.3) is 11.3 Å². The molecule has 0 saturated carbocycles. The summed E-state index contributed by atoms with van der Waals surface area (Å²) in [6.07, 6.45) is 1.29. The van der Waals surface area contributed by atoms with E-state index in [0.29, 0.717) is 37.5 Å². The third kappa shape index (κ3) is 4.68. The number of aromatic amines is 1. The van der Waals surface area contributed by atoms with Crippen molar-refractivity contribution in [1.82, 2.24) is 20.0 Å². The number of carbonyl (C=O) groups is 2. The van der Waals surface area contributed by atoms with Gasteiger partial charge in [0, 0.05) is 25.2 Å². The second-order valence-corrected chi connectivity index (χ2v) is 6.72. The minimum atomic E-state index is -0.895. The molecule has 1 aromatic heterocycles. The number of carbonyl (C=O) groups excluding carboxylic acids is 1. The number of nitrogens with zero attached hydrogens (tertiary/aromatic N) is 3. The van der Waals surface area contributed by atoms with Crippen LogP contribution in [0.3, 0.4) is 0 Å². The van der Waals surface area contributed by atoms with E-state index in [1.54, 1.807) is 24.0 Å². The van der Waals surface area contributed by atoms with Gasteiger partial charge in [0.05, 0.1) is 43.8 Å². The van der Waals surface area contributed by atoms with Gasteiger partial charge in [0.15, 0.2) is 0 Å². The van der Waals surface area contributed by atoms with E-state index < -0.39 is 5.97 Å². The molecule has 2 aromatic rings. The molecule has 1 atom stereocenters. The van der Waals surface area contributed by atoms with Gasteiger partial charge < -0.3 is 19.5 Å². The zero-order chi connectivity index (χ0) is 20.1. The molecule has 1 saturated heterocycles. The molecule has 150 valence electrons. The molecule has 0 aliphatic carbocycles. The van der Waals surface area contributed by atoms with Crippen LogP contribution in [0.2, 0.25) is 0 Å². The van der Waals surface area contributed by atoms with Gasteiger partial charge >= 0.3 is 5.97 Å². The molecule has 2 heterocycles. The van der Waals surface area contributed by atoms with Crippen molar-refractivity contribution in [3.63, 3.8) is 0 Å². The molecule has 0 radical (unpaired) electrons. The van der Waals surface area contributed by atoms with Crippen LogP contribution < -0.4 is 4.74 Å². The molecule has 0 bridgehead atoms. The summed E-state index contributed by atoms with van der Waals surface area (Å²) in [5.74, 6) is -0.292. The number of benzene rings is 1. The Balaban J connectivity index is 1.70. The van der Waals surface area contributed by atoms with Crippen LogP contribution in [0, 0.1) is 0 Å². The van der Waals surface area contributed by atoms with Crippen LogP contribution in [0.5, 0.6) is 5.75 Å². The average molecular weight is 388 g/mol. The van der Waals surface area contributed by atoms with Crippen LogP contribution in [0.4, 0.5) is 0 Å². The fraction of sp³-hybridized carbons (Fsp3) is 0.421. The number of ether oxygens (including phenoxy) is 2. The first kappa shape index (κ1) is 19.8. The minimum absolute atomic E-state index is 0.0723. The van der Waals surface area contributed by atoms with Crippen molar-refractivity contribution in [2.75, 3.05) is 46.9 Å². The summed E-state index contributed by atoms with van der Waals surface area (Å²) in [5.41, 5.74) is 1.98. The number of amides is 1. The Morgan fingerprint density at radius 2 is 2.14 bits per heavy atom. The summed E-state index contributed by atoms with van der Waals surface area (Å²) in [7, 11) is 3.32. The highest BCUT2D eigenvalue weighted by Crippen LogP contribution is 2.25. The van der Waals surface area contributed by atoms with E-state index >= 15 is 0 Å². The lowest BCUT2D eigenvalue weighted by Gasteiger charge is -2.34. The molecule has 1 unspecified atom stereocenters. The van der Waals surface area contributed by atoms with Gasteiger partial charge in [-0.15, -0.1) is 0 Å². The van der Waals surface area contributed by atoms with Crippen molar-refractivity contribution in [2.24, 2.45) is 0 Å². The molecule has 28 heavy (non-hydrogen) atoms. The smallest absolute Gasteiger partial charge is 0.317 e. The van der Waals surface area contributed by atoms with E-state index in [2.05, 4.69) is 10.2 Å². The maximum atomic E-state index is 13.1. The third-order valence-corrected chi connectivity index (χ3v) is 4.59. The quantitative estimate of drug-likeness (QED) is 0.727. The van der Waals surface area contributed by atoms with Crippen molar-refractivity contribution in [2.45, 2.75) is 6.10 Å². The number of carboxylic acid groups (broad SMARTS) is 1. The van der Waals surface area contributed by atoms with E-state index in [4.69, 9.17) is 14.6 Å². The van der Waals surface area contributed by atoms with E-state index in [9.17, 15) is 9.59 Å². The Morgan fingerprint density at radius 3 is 2.82 bits per heavy atom. The molecule has 1 aromatic carbocycles. The van der Waals surface area contributed by atoms with Gasteiger partial charge in [0.25, 0.3) is 5.91 Å². The highest BCUT2D eigenvalue weighted by molar-refractivity contribution is 5.99. The molecular formula is C19H24N4O5. The van der Waals surface area contributed by atoms with Crippen LogP contribution in [0.15, 0.2) is 30.5 Å². The number of nitrogens with one attached hydrogen (secondary N) is 1. The second-order valence-electron chi connectivity index (χ2n) is 6.72. The van der Waals surface area contributed by atoms with Gasteiger partial charge in [-0.25, -0.2) is 0 Å². The normalized spacial score (nSPS) is 17.0. The molecule has 1 aliphatic heterocycles. The summed E-state index contributed by atoms with van der Waals surface area (Å²) in [6, 6.07) is 7.39. The molecule has 1 aliphatic rings. The zero-order valence-electron chi connectivity index (χ0n) is 15.9. The molecule has 1 fully saturated rings. The predicted molar refractivity (Wildman–Crippen MR) is 101 cm³/mol. The number of hydrogen-bond donors (Lipinski definition) is 2. The van der Waals surface area contributed by atoms with Gasteiger partial charge in [-0.1, -0.05) is 0 Å².